The SMILES string of the molecule is COc1cc2c(=O)c(C(=O)O)cn(Cc3ccc(Cl)cc3)c2cc1OC. The first kappa shape index (κ1) is 17.8. The Morgan fingerprint density at radius 3 is 2.31 bits per heavy atom. The van der Waals surface area contributed by atoms with Crippen molar-refractivity contribution >= 4 is 28.5 Å². The average molecular weight is 374 g/mol. The largest absolute Gasteiger partial charge is 0.493 e. The lowest BCUT2D eigenvalue weighted by Crippen LogP contribution is -2.19. The predicted octanol–water partition coefficient (Wildman–Crippen LogP) is 3.42. The predicted molar refractivity (Wildman–Crippen MR) is 98.8 cm³/mol. The first-order chi connectivity index (χ1) is 12.4. The number of benzene rings is 2. The third kappa shape index (κ3) is 3.23. The molecule has 0 saturated heterocycles. The molecule has 6 nitrogen and oxygen atoms in total. The summed E-state index contributed by atoms with van der Waals surface area (Å²) in [6.45, 7) is 0.365. The van der Waals surface area contributed by atoms with Crippen LogP contribution in [0.25, 0.3) is 10.9 Å². The molecule has 0 aliphatic rings. The van der Waals surface area contributed by atoms with Gasteiger partial charge in [-0.3, -0.25) is 4.79 Å². The maximum atomic E-state index is 12.6. The highest BCUT2D eigenvalue weighted by molar-refractivity contribution is 6.30. The number of nitrogens with zero attached hydrogens (tertiary/aromatic N) is 1. The van der Waals surface area contributed by atoms with E-state index in [1.54, 1.807) is 22.8 Å². The van der Waals surface area contributed by atoms with Gasteiger partial charge >= 0.3 is 5.97 Å². The van der Waals surface area contributed by atoms with E-state index < -0.39 is 11.4 Å². The van der Waals surface area contributed by atoms with Gasteiger partial charge in [0.1, 0.15) is 5.56 Å². The molecule has 7 heteroatoms. The fourth-order valence-corrected chi connectivity index (χ4v) is 2.91. The molecule has 0 spiro atoms. The molecule has 0 aliphatic heterocycles. The summed E-state index contributed by atoms with van der Waals surface area (Å²) in [5, 5.41) is 10.2. The lowest BCUT2D eigenvalue weighted by molar-refractivity contribution is 0.0695. The maximum absolute atomic E-state index is 12.6. The number of fused-ring (bicyclic) bond motifs is 1. The van der Waals surface area contributed by atoms with E-state index >= 15 is 0 Å². The monoisotopic (exact) mass is 373 g/mol. The van der Waals surface area contributed by atoms with Gasteiger partial charge in [0.15, 0.2) is 11.5 Å². The Balaban J connectivity index is 2.28. The van der Waals surface area contributed by atoms with Crippen molar-refractivity contribution in [1.29, 1.82) is 0 Å². The molecule has 0 unspecified atom stereocenters. The highest BCUT2D eigenvalue weighted by Crippen LogP contribution is 2.31. The molecule has 1 aromatic heterocycles. The highest BCUT2D eigenvalue weighted by atomic mass is 35.5. The van der Waals surface area contributed by atoms with Crippen LogP contribution in [0.15, 0.2) is 47.4 Å². The van der Waals surface area contributed by atoms with Gasteiger partial charge in [-0.1, -0.05) is 23.7 Å². The summed E-state index contributed by atoms with van der Waals surface area (Å²) in [6, 6.07) is 10.4. The third-order valence-corrected chi connectivity index (χ3v) is 4.33. The molecule has 3 rings (SSSR count). The molecule has 0 bridgehead atoms. The van der Waals surface area contributed by atoms with Gasteiger partial charge in [-0.15, -0.1) is 0 Å². The summed E-state index contributed by atoms with van der Waals surface area (Å²) < 4.78 is 12.2. The molecule has 26 heavy (non-hydrogen) atoms. The van der Waals surface area contributed by atoms with Gasteiger partial charge in [0.05, 0.1) is 25.1 Å². The molecule has 0 amide bonds. The van der Waals surface area contributed by atoms with Crippen LogP contribution in [0, 0.1) is 0 Å². The van der Waals surface area contributed by atoms with Crippen molar-refractivity contribution in [2.75, 3.05) is 14.2 Å². The van der Waals surface area contributed by atoms with Crippen LogP contribution in [0.5, 0.6) is 11.5 Å². The van der Waals surface area contributed by atoms with Crippen molar-refractivity contribution in [3.8, 4) is 11.5 Å². The number of ether oxygens (including phenoxy) is 2. The minimum absolute atomic E-state index is 0.247. The normalized spacial score (nSPS) is 10.7. The van der Waals surface area contributed by atoms with Gasteiger partial charge < -0.3 is 19.1 Å². The molecule has 0 radical (unpaired) electrons. The number of halogens is 1. The maximum Gasteiger partial charge on any atom is 0.341 e. The number of rotatable bonds is 5. The molecule has 0 fully saturated rings. The quantitative estimate of drug-likeness (QED) is 0.741. The lowest BCUT2D eigenvalue weighted by atomic mass is 10.1. The Bertz CT molecular complexity index is 1040. The molecule has 3 aromatic rings. The molecule has 0 atom stereocenters. The molecule has 0 aliphatic carbocycles. The number of aromatic carboxylic acids is 1. The van der Waals surface area contributed by atoms with Crippen LogP contribution >= 0.6 is 11.6 Å². The Morgan fingerprint density at radius 1 is 1.12 bits per heavy atom. The van der Waals surface area contributed by atoms with Gasteiger partial charge in [-0.2, -0.15) is 0 Å². The van der Waals surface area contributed by atoms with Gasteiger partial charge in [0, 0.05) is 23.8 Å². The summed E-state index contributed by atoms with van der Waals surface area (Å²) in [5.74, 6) is -0.471. The Morgan fingerprint density at radius 2 is 1.73 bits per heavy atom. The first-order valence-corrected chi connectivity index (χ1v) is 8.09. The zero-order valence-electron chi connectivity index (χ0n) is 14.2. The van der Waals surface area contributed by atoms with E-state index in [1.165, 1.54) is 26.5 Å². The molecular formula is C19H16ClNO5. The van der Waals surface area contributed by atoms with Gasteiger partial charge in [0.25, 0.3) is 0 Å². The number of hydrogen-bond acceptors (Lipinski definition) is 4. The molecule has 0 saturated carbocycles. The molecule has 2 aromatic carbocycles. The molecule has 134 valence electrons. The molecular weight excluding hydrogens is 358 g/mol. The van der Waals surface area contributed by atoms with Gasteiger partial charge in [-0.05, 0) is 23.8 Å². The van der Waals surface area contributed by atoms with Crippen molar-refractivity contribution in [3.05, 3.63) is 69.0 Å². The number of carbonyl (C=O) groups is 1. The topological polar surface area (TPSA) is 77.8 Å². The Hall–Kier alpha value is -2.99. The average Bonchev–Trinajstić information content (AvgIpc) is 2.64. The Labute approximate surface area is 154 Å². The number of carboxylic acid groups (broad SMARTS) is 1. The van der Waals surface area contributed by atoms with E-state index in [0.717, 1.165) is 5.56 Å². The second kappa shape index (κ2) is 7.09. The fourth-order valence-electron chi connectivity index (χ4n) is 2.79. The summed E-state index contributed by atoms with van der Waals surface area (Å²) in [6.07, 6.45) is 1.34. The van der Waals surface area contributed by atoms with E-state index in [9.17, 15) is 14.7 Å². The van der Waals surface area contributed by atoms with Crippen LogP contribution in [0.2, 0.25) is 5.02 Å². The number of hydrogen-bond donors (Lipinski definition) is 1. The first-order valence-electron chi connectivity index (χ1n) is 7.71. The lowest BCUT2D eigenvalue weighted by Gasteiger charge is -2.15. The van der Waals surface area contributed by atoms with Crippen molar-refractivity contribution in [1.82, 2.24) is 4.57 Å². The number of aromatic nitrogens is 1. The van der Waals surface area contributed by atoms with Crippen LogP contribution in [-0.4, -0.2) is 29.9 Å². The van der Waals surface area contributed by atoms with Crippen LogP contribution in [0.4, 0.5) is 0 Å². The van der Waals surface area contributed by atoms with Crippen molar-refractivity contribution < 1.29 is 19.4 Å². The number of pyridine rings is 1. The summed E-state index contributed by atoms with van der Waals surface area (Å²) in [5.41, 5.74) is 0.581. The zero-order chi connectivity index (χ0) is 18.8. The van der Waals surface area contributed by atoms with Crippen LogP contribution < -0.4 is 14.9 Å². The fraction of sp³-hybridized carbons (Fsp3) is 0.158. The van der Waals surface area contributed by atoms with Crippen molar-refractivity contribution in [2.24, 2.45) is 0 Å². The second-order valence-electron chi connectivity index (χ2n) is 5.66. The third-order valence-electron chi connectivity index (χ3n) is 4.08. The smallest absolute Gasteiger partial charge is 0.341 e. The van der Waals surface area contributed by atoms with E-state index in [4.69, 9.17) is 21.1 Å². The summed E-state index contributed by atoms with van der Waals surface area (Å²) >= 11 is 5.91. The van der Waals surface area contributed by atoms with E-state index in [0.29, 0.717) is 28.6 Å². The van der Waals surface area contributed by atoms with Gasteiger partial charge in [-0.25, -0.2) is 4.79 Å². The van der Waals surface area contributed by atoms with E-state index in [-0.39, 0.29) is 10.9 Å². The summed E-state index contributed by atoms with van der Waals surface area (Å²) in [7, 11) is 2.95. The van der Waals surface area contributed by atoms with Crippen molar-refractivity contribution in [3.63, 3.8) is 0 Å². The van der Waals surface area contributed by atoms with Crippen molar-refractivity contribution in [2.45, 2.75) is 6.54 Å². The molecule has 1 heterocycles. The van der Waals surface area contributed by atoms with Crippen LogP contribution in [0.3, 0.4) is 0 Å². The second-order valence-corrected chi connectivity index (χ2v) is 6.09. The van der Waals surface area contributed by atoms with E-state index in [1.807, 2.05) is 12.1 Å². The Kier molecular flexibility index (Phi) is 4.86. The standard InChI is InChI=1S/C19H16ClNO5/c1-25-16-7-13-15(8-17(16)26-2)21(10-14(18(13)22)19(23)24)9-11-3-5-12(20)6-4-11/h3-8,10H,9H2,1-2H3,(H,23,24). The number of methoxy groups -OCH3 is 2. The highest BCUT2D eigenvalue weighted by Gasteiger charge is 2.17. The van der Waals surface area contributed by atoms with E-state index in [2.05, 4.69) is 0 Å². The van der Waals surface area contributed by atoms with Gasteiger partial charge in [0.2, 0.25) is 5.43 Å². The van der Waals surface area contributed by atoms with Crippen LogP contribution in [-0.2, 0) is 6.54 Å². The summed E-state index contributed by atoms with van der Waals surface area (Å²) in [4.78, 5) is 24.1. The minimum Gasteiger partial charge on any atom is -0.493 e. The minimum atomic E-state index is -1.28. The number of carboxylic acids is 1. The molecule has 1 N–H and O–H groups in total. The van der Waals surface area contributed by atoms with Crippen LogP contribution in [0.1, 0.15) is 15.9 Å². The zero-order valence-corrected chi connectivity index (χ0v) is 14.9.